The van der Waals surface area contributed by atoms with Gasteiger partial charge < -0.3 is 15.4 Å². The van der Waals surface area contributed by atoms with Crippen molar-refractivity contribution in [1.29, 1.82) is 0 Å². The normalized spacial score (nSPS) is 12.6. The van der Waals surface area contributed by atoms with Crippen LogP contribution in [0.1, 0.15) is 43.9 Å². The molecule has 6 heteroatoms. The van der Waals surface area contributed by atoms with Crippen LogP contribution in [0.2, 0.25) is 0 Å². The summed E-state index contributed by atoms with van der Waals surface area (Å²) in [6.07, 6.45) is 3.03. The Hall–Kier alpha value is -1.92. The summed E-state index contributed by atoms with van der Waals surface area (Å²) in [7, 11) is 1.42. The molecule has 0 aliphatic heterocycles. The van der Waals surface area contributed by atoms with Crippen LogP contribution in [0.3, 0.4) is 0 Å². The van der Waals surface area contributed by atoms with E-state index in [4.69, 9.17) is 17.0 Å². The number of aryl methyl sites for hydroxylation is 4. The number of esters is 1. The minimum absolute atomic E-state index is 0.299. The first-order chi connectivity index (χ1) is 11.9. The molecular weight excluding hydrogens is 352 g/mol. The number of methoxy groups -OCH3 is 1. The molecule has 1 aliphatic rings. The fourth-order valence-corrected chi connectivity index (χ4v) is 4.99. The molecule has 0 saturated carbocycles. The molecule has 0 saturated heterocycles. The fraction of sp³-hybridized carbons (Fsp3) is 0.368. The van der Waals surface area contributed by atoms with E-state index < -0.39 is 0 Å². The Morgan fingerprint density at radius 3 is 2.48 bits per heavy atom. The zero-order chi connectivity index (χ0) is 18.1. The number of thiophene rings is 1. The minimum Gasteiger partial charge on any atom is -0.465 e. The third kappa shape index (κ3) is 3.55. The van der Waals surface area contributed by atoms with Gasteiger partial charge in [0.2, 0.25) is 0 Å². The average Bonchev–Trinajstić information content (AvgIpc) is 3.10. The summed E-state index contributed by atoms with van der Waals surface area (Å²) in [5, 5.41) is 7.75. The zero-order valence-electron chi connectivity index (χ0n) is 14.9. The van der Waals surface area contributed by atoms with E-state index >= 15 is 0 Å². The summed E-state index contributed by atoms with van der Waals surface area (Å²) in [4.78, 5) is 13.5. The Morgan fingerprint density at radius 2 is 1.84 bits per heavy atom. The van der Waals surface area contributed by atoms with Gasteiger partial charge in [-0.15, -0.1) is 11.3 Å². The number of anilines is 2. The molecule has 2 N–H and O–H groups in total. The van der Waals surface area contributed by atoms with E-state index in [0.717, 1.165) is 46.6 Å². The number of hydrogen-bond acceptors (Lipinski definition) is 4. The molecule has 1 aromatic carbocycles. The van der Waals surface area contributed by atoms with E-state index in [1.165, 1.54) is 17.6 Å². The number of thiocarbonyl (C=S) groups is 1. The highest BCUT2D eigenvalue weighted by atomic mass is 32.1. The van der Waals surface area contributed by atoms with E-state index in [9.17, 15) is 4.79 Å². The third-order valence-electron chi connectivity index (χ3n) is 4.45. The fourth-order valence-electron chi connectivity index (χ4n) is 3.44. The van der Waals surface area contributed by atoms with E-state index in [1.807, 2.05) is 0 Å². The van der Waals surface area contributed by atoms with Gasteiger partial charge in [-0.3, -0.25) is 0 Å². The first-order valence-electron chi connectivity index (χ1n) is 8.29. The van der Waals surface area contributed by atoms with Gasteiger partial charge in [0.05, 0.1) is 12.7 Å². The molecule has 25 heavy (non-hydrogen) atoms. The smallest absolute Gasteiger partial charge is 0.341 e. The summed E-state index contributed by atoms with van der Waals surface area (Å²) in [5.74, 6) is -0.299. The Bertz CT molecular complexity index is 832. The highest BCUT2D eigenvalue weighted by Gasteiger charge is 2.27. The van der Waals surface area contributed by atoms with Crippen molar-refractivity contribution in [2.24, 2.45) is 0 Å². The lowest BCUT2D eigenvalue weighted by Crippen LogP contribution is -2.21. The predicted octanol–water partition coefficient (Wildman–Crippen LogP) is 4.76. The van der Waals surface area contributed by atoms with E-state index in [-0.39, 0.29) is 5.97 Å². The van der Waals surface area contributed by atoms with Crippen LogP contribution in [-0.2, 0) is 17.6 Å². The maximum atomic E-state index is 12.2. The van der Waals surface area contributed by atoms with Crippen LogP contribution in [0.25, 0.3) is 0 Å². The summed E-state index contributed by atoms with van der Waals surface area (Å²) in [6, 6.07) is 4.25. The van der Waals surface area contributed by atoms with Crippen LogP contribution in [0.4, 0.5) is 10.7 Å². The molecule has 0 fully saturated rings. The Kier molecular flexibility index (Phi) is 5.11. The van der Waals surface area contributed by atoms with Crippen LogP contribution in [-0.4, -0.2) is 18.2 Å². The quantitative estimate of drug-likeness (QED) is 0.599. The van der Waals surface area contributed by atoms with Crippen LogP contribution < -0.4 is 10.6 Å². The van der Waals surface area contributed by atoms with Crippen molar-refractivity contribution in [3.63, 3.8) is 0 Å². The van der Waals surface area contributed by atoms with Crippen molar-refractivity contribution in [1.82, 2.24) is 0 Å². The molecule has 0 amide bonds. The molecule has 0 unspecified atom stereocenters. The lowest BCUT2D eigenvalue weighted by atomic mass is 10.1. The average molecular weight is 375 g/mol. The molecule has 1 heterocycles. The minimum atomic E-state index is -0.299. The number of rotatable bonds is 3. The number of ether oxygens (including phenoxy) is 1. The molecule has 0 spiro atoms. The molecule has 1 aromatic heterocycles. The highest BCUT2D eigenvalue weighted by Crippen LogP contribution is 2.39. The summed E-state index contributed by atoms with van der Waals surface area (Å²) < 4.78 is 4.98. The van der Waals surface area contributed by atoms with Crippen molar-refractivity contribution in [3.05, 3.63) is 44.8 Å². The van der Waals surface area contributed by atoms with Gasteiger partial charge in [-0.25, -0.2) is 4.79 Å². The summed E-state index contributed by atoms with van der Waals surface area (Å²) in [5.41, 5.74) is 6.27. The van der Waals surface area contributed by atoms with Crippen molar-refractivity contribution in [3.8, 4) is 0 Å². The van der Waals surface area contributed by atoms with Gasteiger partial charge >= 0.3 is 5.97 Å². The maximum absolute atomic E-state index is 12.2. The van der Waals surface area contributed by atoms with Gasteiger partial charge in [-0.05, 0) is 68.9 Å². The van der Waals surface area contributed by atoms with Crippen molar-refractivity contribution < 1.29 is 9.53 Å². The van der Waals surface area contributed by atoms with Gasteiger partial charge in [-0.2, -0.15) is 0 Å². The first-order valence-corrected chi connectivity index (χ1v) is 9.52. The van der Waals surface area contributed by atoms with Gasteiger partial charge in [0.1, 0.15) is 5.00 Å². The molecule has 0 bridgehead atoms. The van der Waals surface area contributed by atoms with Crippen LogP contribution >= 0.6 is 23.6 Å². The number of benzene rings is 1. The number of hydrogen-bond donors (Lipinski definition) is 2. The molecule has 132 valence electrons. The zero-order valence-corrected chi connectivity index (χ0v) is 16.5. The standard InChI is InChI=1S/C19H22N2O2S2/c1-10-8-11(2)16(12(3)9-10)20-19(24)21-17-15(18(22)23-4)13-6-5-7-14(13)25-17/h8-9H,5-7H2,1-4H3,(H2,20,21,24). The first kappa shape index (κ1) is 17.9. The Morgan fingerprint density at radius 1 is 1.16 bits per heavy atom. The number of fused-ring (bicyclic) bond motifs is 1. The molecular formula is C19H22N2O2S2. The van der Waals surface area contributed by atoms with Crippen LogP contribution in [0.15, 0.2) is 12.1 Å². The monoisotopic (exact) mass is 374 g/mol. The van der Waals surface area contributed by atoms with Gasteiger partial charge in [0.15, 0.2) is 5.11 Å². The number of nitrogens with one attached hydrogen (secondary N) is 2. The van der Waals surface area contributed by atoms with Crippen LogP contribution in [0.5, 0.6) is 0 Å². The molecule has 2 aromatic rings. The van der Waals surface area contributed by atoms with E-state index in [2.05, 4.69) is 43.5 Å². The number of carbonyl (C=O) groups is 1. The summed E-state index contributed by atoms with van der Waals surface area (Å²) >= 11 is 7.09. The predicted molar refractivity (Wildman–Crippen MR) is 108 cm³/mol. The van der Waals surface area contributed by atoms with Crippen molar-refractivity contribution >= 4 is 45.3 Å². The lowest BCUT2D eigenvalue weighted by molar-refractivity contribution is 0.0601. The van der Waals surface area contributed by atoms with E-state index in [1.54, 1.807) is 11.3 Å². The molecule has 0 atom stereocenters. The summed E-state index contributed by atoms with van der Waals surface area (Å²) in [6.45, 7) is 6.20. The van der Waals surface area contributed by atoms with Crippen molar-refractivity contribution in [2.75, 3.05) is 17.7 Å². The molecule has 0 radical (unpaired) electrons. The SMILES string of the molecule is COC(=O)c1c(NC(=S)Nc2c(C)cc(C)cc2C)sc2c1CCC2. The second-order valence-corrected chi connectivity index (χ2v) is 7.92. The van der Waals surface area contributed by atoms with E-state index in [0.29, 0.717) is 10.7 Å². The van der Waals surface area contributed by atoms with Gasteiger partial charge in [-0.1, -0.05) is 17.7 Å². The Labute approximate surface area is 157 Å². The Balaban J connectivity index is 1.84. The maximum Gasteiger partial charge on any atom is 0.341 e. The lowest BCUT2D eigenvalue weighted by Gasteiger charge is -2.15. The topological polar surface area (TPSA) is 50.4 Å². The molecule has 1 aliphatic carbocycles. The second kappa shape index (κ2) is 7.14. The highest BCUT2D eigenvalue weighted by molar-refractivity contribution is 7.80. The molecule has 4 nitrogen and oxygen atoms in total. The second-order valence-electron chi connectivity index (χ2n) is 6.41. The van der Waals surface area contributed by atoms with Gasteiger partial charge in [0, 0.05) is 10.6 Å². The van der Waals surface area contributed by atoms with Gasteiger partial charge in [0.25, 0.3) is 0 Å². The largest absolute Gasteiger partial charge is 0.465 e. The molecule has 3 rings (SSSR count). The third-order valence-corrected chi connectivity index (χ3v) is 5.86. The number of carbonyl (C=O) groups excluding carboxylic acids is 1. The van der Waals surface area contributed by atoms with Crippen LogP contribution in [0, 0.1) is 20.8 Å². The van der Waals surface area contributed by atoms with Crippen molar-refractivity contribution in [2.45, 2.75) is 40.0 Å².